The summed E-state index contributed by atoms with van der Waals surface area (Å²) in [5, 5.41) is 3.24. The number of benzene rings is 3. The normalized spacial score (nSPS) is 11.7. The molecule has 0 fully saturated rings. The van der Waals surface area contributed by atoms with Gasteiger partial charge in [-0.3, -0.25) is 13.8 Å². The molecule has 0 unspecified atom stereocenters. The Hall–Kier alpha value is -2.79. The first-order valence-corrected chi connectivity index (χ1v) is 14.9. The molecule has 3 rings (SSSR count). The molecule has 12 heteroatoms. The minimum absolute atomic E-state index is 0.0220. The van der Waals surface area contributed by atoms with Crippen molar-refractivity contribution in [2.24, 2.45) is 0 Å². The van der Waals surface area contributed by atoms with E-state index in [2.05, 4.69) is 10.0 Å². The SMILES string of the molecule is Cc1ccc(NS(=O)(=O)c2ccc(NC(=O)CCCN(c3cc(Cl)ccc3Cl)S(C)(=O)=O)cc2)cc1. The first-order valence-electron chi connectivity index (χ1n) is 10.8. The van der Waals surface area contributed by atoms with Gasteiger partial charge >= 0.3 is 0 Å². The van der Waals surface area contributed by atoms with Crippen molar-refractivity contribution in [3.8, 4) is 0 Å². The van der Waals surface area contributed by atoms with Crippen LogP contribution >= 0.6 is 23.2 Å². The van der Waals surface area contributed by atoms with Crippen LogP contribution in [0.4, 0.5) is 17.1 Å². The lowest BCUT2D eigenvalue weighted by Crippen LogP contribution is -2.31. The van der Waals surface area contributed by atoms with Crippen molar-refractivity contribution in [1.29, 1.82) is 0 Å². The zero-order chi connectivity index (χ0) is 26.5. The van der Waals surface area contributed by atoms with Gasteiger partial charge in [0, 0.05) is 29.4 Å². The summed E-state index contributed by atoms with van der Waals surface area (Å²) in [5.74, 6) is -0.353. The summed E-state index contributed by atoms with van der Waals surface area (Å²) < 4.78 is 53.4. The van der Waals surface area contributed by atoms with Crippen LogP contribution in [0.25, 0.3) is 0 Å². The van der Waals surface area contributed by atoms with E-state index in [4.69, 9.17) is 23.2 Å². The maximum absolute atomic E-state index is 12.6. The first-order chi connectivity index (χ1) is 16.8. The van der Waals surface area contributed by atoms with Crippen molar-refractivity contribution in [3.05, 3.63) is 82.3 Å². The van der Waals surface area contributed by atoms with Crippen LogP contribution in [0.5, 0.6) is 0 Å². The Labute approximate surface area is 221 Å². The molecular weight excluding hydrogens is 545 g/mol. The standard InChI is InChI=1S/C24H25Cl2N3O5S2/c1-17-5-8-20(9-6-17)28-36(33,34)21-12-10-19(11-13-21)27-24(30)4-3-15-29(35(2,31)32)23-16-18(25)7-14-22(23)26/h5-14,16,28H,3-4,15H2,1-2H3,(H,27,30). The predicted octanol–water partition coefficient (Wildman–Crippen LogP) is 5.29. The highest BCUT2D eigenvalue weighted by Crippen LogP contribution is 2.31. The van der Waals surface area contributed by atoms with Crippen molar-refractivity contribution in [2.45, 2.75) is 24.7 Å². The van der Waals surface area contributed by atoms with E-state index in [-0.39, 0.29) is 40.9 Å². The van der Waals surface area contributed by atoms with Crippen LogP contribution in [0.3, 0.4) is 0 Å². The van der Waals surface area contributed by atoms with Gasteiger partial charge in [-0.1, -0.05) is 40.9 Å². The summed E-state index contributed by atoms with van der Waals surface area (Å²) in [6.07, 6.45) is 1.29. The topological polar surface area (TPSA) is 113 Å². The number of carbonyl (C=O) groups excluding carboxylic acids is 1. The molecule has 36 heavy (non-hydrogen) atoms. The molecule has 0 spiro atoms. The quantitative estimate of drug-likeness (QED) is 0.344. The molecule has 0 atom stereocenters. The zero-order valence-corrected chi connectivity index (χ0v) is 22.7. The summed E-state index contributed by atoms with van der Waals surface area (Å²) in [6.45, 7) is 1.93. The molecule has 0 saturated carbocycles. The fraction of sp³-hybridized carbons (Fsp3) is 0.208. The highest BCUT2D eigenvalue weighted by molar-refractivity contribution is 7.92. The molecule has 0 bridgehead atoms. The smallest absolute Gasteiger partial charge is 0.261 e. The molecule has 0 saturated heterocycles. The van der Waals surface area contributed by atoms with Crippen molar-refractivity contribution in [1.82, 2.24) is 0 Å². The Morgan fingerprint density at radius 2 is 1.50 bits per heavy atom. The Morgan fingerprint density at radius 1 is 0.889 bits per heavy atom. The highest BCUT2D eigenvalue weighted by Gasteiger charge is 2.21. The fourth-order valence-corrected chi connectivity index (χ4v) is 5.77. The third kappa shape index (κ3) is 7.60. The molecule has 0 radical (unpaired) electrons. The molecule has 0 heterocycles. The van der Waals surface area contributed by atoms with Gasteiger partial charge in [-0.15, -0.1) is 0 Å². The van der Waals surface area contributed by atoms with Crippen molar-refractivity contribution < 1.29 is 21.6 Å². The van der Waals surface area contributed by atoms with Crippen LogP contribution in [0.2, 0.25) is 10.0 Å². The molecule has 0 aliphatic carbocycles. The van der Waals surface area contributed by atoms with E-state index in [9.17, 15) is 21.6 Å². The molecule has 0 aromatic heterocycles. The Balaban J connectivity index is 1.59. The van der Waals surface area contributed by atoms with Crippen LogP contribution in [0.15, 0.2) is 71.6 Å². The van der Waals surface area contributed by atoms with Gasteiger partial charge in [0.05, 0.1) is 21.9 Å². The fourth-order valence-electron chi connectivity index (χ4n) is 3.30. The van der Waals surface area contributed by atoms with Crippen LogP contribution in [-0.4, -0.2) is 35.5 Å². The van der Waals surface area contributed by atoms with Gasteiger partial charge in [0.15, 0.2) is 0 Å². The lowest BCUT2D eigenvalue weighted by atomic mass is 10.2. The van der Waals surface area contributed by atoms with Gasteiger partial charge in [0.25, 0.3) is 10.0 Å². The van der Waals surface area contributed by atoms with E-state index in [1.807, 2.05) is 6.92 Å². The number of carbonyl (C=O) groups is 1. The average Bonchev–Trinajstić information content (AvgIpc) is 2.79. The maximum Gasteiger partial charge on any atom is 0.261 e. The predicted molar refractivity (Wildman–Crippen MR) is 145 cm³/mol. The van der Waals surface area contributed by atoms with E-state index >= 15 is 0 Å². The van der Waals surface area contributed by atoms with E-state index in [0.717, 1.165) is 16.1 Å². The Bertz CT molecular complexity index is 1440. The van der Waals surface area contributed by atoms with Gasteiger partial charge in [0.1, 0.15) is 0 Å². The highest BCUT2D eigenvalue weighted by atomic mass is 35.5. The molecule has 0 aliphatic rings. The minimum Gasteiger partial charge on any atom is -0.326 e. The van der Waals surface area contributed by atoms with E-state index < -0.39 is 20.0 Å². The van der Waals surface area contributed by atoms with Gasteiger partial charge < -0.3 is 5.32 Å². The average molecular weight is 571 g/mol. The molecule has 1 amide bonds. The number of nitrogens with one attached hydrogen (secondary N) is 2. The Kier molecular flexibility index (Phi) is 8.89. The number of aryl methyl sites for hydroxylation is 1. The number of amides is 1. The van der Waals surface area contributed by atoms with Crippen LogP contribution in [0, 0.1) is 6.92 Å². The van der Waals surface area contributed by atoms with Gasteiger partial charge in [0.2, 0.25) is 15.9 Å². The second kappa shape index (κ2) is 11.5. The van der Waals surface area contributed by atoms with E-state index in [1.54, 1.807) is 30.3 Å². The number of rotatable bonds is 10. The molecule has 192 valence electrons. The van der Waals surface area contributed by atoms with E-state index in [1.165, 1.54) is 36.4 Å². The van der Waals surface area contributed by atoms with Crippen LogP contribution in [-0.2, 0) is 24.8 Å². The monoisotopic (exact) mass is 569 g/mol. The molecular formula is C24H25Cl2N3O5S2. The molecule has 8 nitrogen and oxygen atoms in total. The van der Waals surface area contributed by atoms with E-state index in [0.29, 0.717) is 16.4 Å². The van der Waals surface area contributed by atoms with Crippen LogP contribution < -0.4 is 14.3 Å². The zero-order valence-electron chi connectivity index (χ0n) is 19.5. The lowest BCUT2D eigenvalue weighted by Gasteiger charge is -2.23. The second-order valence-electron chi connectivity index (χ2n) is 8.08. The van der Waals surface area contributed by atoms with Gasteiger partial charge in [-0.05, 0) is 67.9 Å². The molecule has 0 aliphatic heterocycles. The summed E-state index contributed by atoms with van der Waals surface area (Å²) in [7, 11) is -7.45. The minimum atomic E-state index is -3.79. The summed E-state index contributed by atoms with van der Waals surface area (Å²) in [4.78, 5) is 12.4. The summed E-state index contributed by atoms with van der Waals surface area (Å²) in [6, 6.07) is 17.2. The third-order valence-corrected chi connectivity index (χ3v) is 8.23. The number of hydrogen-bond acceptors (Lipinski definition) is 5. The van der Waals surface area contributed by atoms with Crippen molar-refractivity contribution >= 4 is 66.2 Å². The summed E-state index contributed by atoms with van der Waals surface area (Å²) >= 11 is 12.1. The van der Waals surface area contributed by atoms with Gasteiger partial charge in [-0.25, -0.2) is 16.8 Å². The van der Waals surface area contributed by atoms with Crippen molar-refractivity contribution in [2.75, 3.05) is 27.1 Å². The van der Waals surface area contributed by atoms with Gasteiger partial charge in [-0.2, -0.15) is 0 Å². The lowest BCUT2D eigenvalue weighted by molar-refractivity contribution is -0.116. The van der Waals surface area contributed by atoms with Crippen molar-refractivity contribution in [3.63, 3.8) is 0 Å². The number of anilines is 3. The first kappa shape index (κ1) is 27.8. The number of hydrogen-bond donors (Lipinski definition) is 2. The maximum atomic E-state index is 12.6. The second-order valence-corrected chi connectivity index (χ2v) is 12.5. The molecule has 2 N–H and O–H groups in total. The number of halogens is 2. The molecule has 3 aromatic carbocycles. The third-order valence-electron chi connectivity index (χ3n) is 5.09. The summed E-state index contributed by atoms with van der Waals surface area (Å²) in [5.41, 5.74) is 2.10. The number of sulfonamides is 2. The number of nitrogens with zero attached hydrogens (tertiary/aromatic N) is 1. The largest absolute Gasteiger partial charge is 0.326 e. The molecule has 3 aromatic rings. The Morgan fingerprint density at radius 3 is 2.11 bits per heavy atom. The van der Waals surface area contributed by atoms with Crippen LogP contribution in [0.1, 0.15) is 18.4 Å².